The van der Waals surface area contributed by atoms with Crippen LogP contribution in [0.2, 0.25) is 5.02 Å². The quantitative estimate of drug-likeness (QED) is 0.378. The van der Waals surface area contributed by atoms with Crippen LogP contribution in [0, 0.1) is 13.8 Å². The minimum Gasteiger partial charge on any atom is -0.331 e. The lowest BCUT2D eigenvalue weighted by atomic mass is 9.96. The molecule has 2 aromatic rings. The molecule has 1 fully saturated rings. The molecule has 1 saturated carbocycles. The summed E-state index contributed by atoms with van der Waals surface area (Å²) in [5, 5.41) is 10.5. The van der Waals surface area contributed by atoms with Crippen molar-refractivity contribution in [3.05, 3.63) is 46.7 Å². The van der Waals surface area contributed by atoms with E-state index in [9.17, 15) is 0 Å². The van der Waals surface area contributed by atoms with Crippen molar-refractivity contribution in [2.75, 3.05) is 10.6 Å². The maximum Gasteiger partial charge on any atom is 0.229 e. The van der Waals surface area contributed by atoms with Gasteiger partial charge in [-0.3, -0.25) is 5.32 Å². The Morgan fingerprint density at radius 3 is 2.43 bits per heavy atom. The van der Waals surface area contributed by atoms with E-state index in [-0.39, 0.29) is 6.04 Å². The fourth-order valence-corrected chi connectivity index (χ4v) is 3.59. The highest BCUT2D eigenvalue weighted by Crippen LogP contribution is 2.21. The van der Waals surface area contributed by atoms with E-state index in [1.165, 1.54) is 19.3 Å². The molecule has 0 saturated heterocycles. The first-order chi connectivity index (χ1) is 13.5. The van der Waals surface area contributed by atoms with Gasteiger partial charge >= 0.3 is 0 Å². The van der Waals surface area contributed by atoms with Crippen LogP contribution in [-0.4, -0.2) is 27.1 Å². The van der Waals surface area contributed by atoms with Crippen molar-refractivity contribution < 1.29 is 0 Å². The zero-order valence-corrected chi connectivity index (χ0v) is 17.7. The molecule has 3 rings (SSSR count). The summed E-state index contributed by atoms with van der Waals surface area (Å²) in [7, 11) is 0. The number of halogens is 1. The standard InChI is InChI=1S/C20H25ClN6S/c1-13-12-14(2)23-18(22-13)26-19(24-15-8-4-3-5-9-15)27-20(28)25-17-11-7-6-10-16(17)21/h6-7,10-12,15H,3-5,8-9H2,1-2H3,(H3,22,23,24,25,26,27,28). The van der Waals surface area contributed by atoms with Gasteiger partial charge < -0.3 is 10.6 Å². The van der Waals surface area contributed by atoms with E-state index in [1.54, 1.807) is 0 Å². The van der Waals surface area contributed by atoms with Crippen LogP contribution in [0.15, 0.2) is 35.3 Å². The number of para-hydroxylation sites is 1. The van der Waals surface area contributed by atoms with Crippen molar-refractivity contribution in [2.45, 2.75) is 52.0 Å². The van der Waals surface area contributed by atoms with Gasteiger partial charge in [-0.15, -0.1) is 0 Å². The second-order valence-electron chi connectivity index (χ2n) is 6.93. The van der Waals surface area contributed by atoms with Gasteiger partial charge in [-0.05, 0) is 57.1 Å². The number of nitrogens with zero attached hydrogens (tertiary/aromatic N) is 3. The van der Waals surface area contributed by atoms with Crippen molar-refractivity contribution in [1.82, 2.24) is 15.3 Å². The second kappa shape index (κ2) is 9.80. The first-order valence-corrected chi connectivity index (χ1v) is 10.3. The summed E-state index contributed by atoms with van der Waals surface area (Å²) in [6.45, 7) is 3.88. The summed E-state index contributed by atoms with van der Waals surface area (Å²) in [4.78, 5) is 13.7. The summed E-state index contributed by atoms with van der Waals surface area (Å²) in [6.07, 6.45) is 5.82. The zero-order chi connectivity index (χ0) is 19.9. The van der Waals surface area contributed by atoms with Gasteiger partial charge in [0.15, 0.2) is 5.11 Å². The Labute approximate surface area is 176 Å². The molecule has 1 aromatic carbocycles. The van der Waals surface area contributed by atoms with Crippen LogP contribution in [-0.2, 0) is 0 Å². The Balaban J connectivity index is 1.76. The number of aliphatic imine (C=N–C) groups is 1. The van der Waals surface area contributed by atoms with Crippen LogP contribution in [0.5, 0.6) is 0 Å². The van der Waals surface area contributed by atoms with Gasteiger partial charge in [0.2, 0.25) is 11.9 Å². The van der Waals surface area contributed by atoms with Gasteiger partial charge in [0.1, 0.15) is 0 Å². The first-order valence-electron chi connectivity index (χ1n) is 9.49. The highest BCUT2D eigenvalue weighted by atomic mass is 35.5. The smallest absolute Gasteiger partial charge is 0.229 e. The molecule has 0 amide bonds. The van der Waals surface area contributed by atoms with E-state index in [4.69, 9.17) is 28.8 Å². The molecule has 0 radical (unpaired) electrons. The lowest BCUT2D eigenvalue weighted by Crippen LogP contribution is -2.40. The van der Waals surface area contributed by atoms with Crippen molar-refractivity contribution in [2.24, 2.45) is 4.99 Å². The minimum absolute atomic E-state index is 0.262. The third kappa shape index (κ3) is 6.14. The minimum atomic E-state index is 0.262. The molecule has 8 heteroatoms. The first kappa shape index (κ1) is 20.5. The molecule has 1 aliphatic rings. The third-order valence-corrected chi connectivity index (χ3v) is 4.99. The predicted molar refractivity (Wildman–Crippen MR) is 120 cm³/mol. The van der Waals surface area contributed by atoms with Gasteiger partial charge in [-0.1, -0.05) is 43.0 Å². The topological polar surface area (TPSA) is 74.2 Å². The molecular weight excluding hydrogens is 392 g/mol. The predicted octanol–water partition coefficient (Wildman–Crippen LogP) is 4.83. The number of guanidine groups is 1. The van der Waals surface area contributed by atoms with E-state index >= 15 is 0 Å². The molecule has 0 bridgehead atoms. The number of nitrogens with one attached hydrogen (secondary N) is 3. The number of hydrogen-bond donors (Lipinski definition) is 3. The largest absolute Gasteiger partial charge is 0.331 e. The number of aryl methyl sites for hydroxylation is 2. The Kier molecular flexibility index (Phi) is 7.17. The van der Waals surface area contributed by atoms with Crippen molar-refractivity contribution in [3.8, 4) is 0 Å². The molecule has 148 valence electrons. The number of anilines is 2. The molecule has 28 heavy (non-hydrogen) atoms. The number of rotatable bonds is 3. The Morgan fingerprint density at radius 1 is 1.07 bits per heavy atom. The van der Waals surface area contributed by atoms with E-state index in [0.717, 1.165) is 29.9 Å². The van der Waals surface area contributed by atoms with Crippen LogP contribution in [0.4, 0.5) is 11.6 Å². The number of thiocarbonyl (C=S) groups is 1. The van der Waals surface area contributed by atoms with Gasteiger partial charge in [-0.2, -0.15) is 0 Å². The average molecular weight is 417 g/mol. The van der Waals surface area contributed by atoms with Crippen molar-refractivity contribution in [3.63, 3.8) is 0 Å². The lowest BCUT2D eigenvalue weighted by molar-refractivity contribution is 0.443. The highest BCUT2D eigenvalue weighted by Gasteiger charge is 2.15. The van der Waals surface area contributed by atoms with Crippen LogP contribution < -0.4 is 16.0 Å². The average Bonchev–Trinajstić information content (AvgIpc) is 2.63. The summed E-state index contributed by atoms with van der Waals surface area (Å²) in [6, 6.07) is 9.65. The normalized spacial score (nSPS) is 15.2. The van der Waals surface area contributed by atoms with Crippen molar-refractivity contribution in [1.29, 1.82) is 0 Å². The Hall–Kier alpha value is -2.25. The number of hydrogen-bond acceptors (Lipinski definition) is 4. The molecule has 1 heterocycles. The molecule has 1 aliphatic carbocycles. The van der Waals surface area contributed by atoms with Gasteiger partial charge in [-0.25, -0.2) is 15.0 Å². The maximum atomic E-state index is 6.21. The fourth-order valence-electron chi connectivity index (χ4n) is 3.20. The molecular formula is C20H25ClN6S. The second-order valence-corrected chi connectivity index (χ2v) is 7.74. The van der Waals surface area contributed by atoms with Crippen molar-refractivity contribution >= 4 is 46.5 Å². The fraction of sp³-hybridized carbons (Fsp3) is 0.400. The monoisotopic (exact) mass is 416 g/mol. The third-order valence-electron chi connectivity index (χ3n) is 4.45. The molecule has 0 unspecified atom stereocenters. The Bertz CT molecular complexity index is 843. The molecule has 0 atom stereocenters. The van der Waals surface area contributed by atoms with E-state index < -0.39 is 0 Å². The van der Waals surface area contributed by atoms with E-state index in [2.05, 4.69) is 25.9 Å². The van der Waals surface area contributed by atoms with Crippen LogP contribution in [0.3, 0.4) is 0 Å². The van der Waals surface area contributed by atoms with Crippen LogP contribution in [0.25, 0.3) is 0 Å². The molecule has 1 aromatic heterocycles. The van der Waals surface area contributed by atoms with Gasteiger partial charge in [0, 0.05) is 11.4 Å². The zero-order valence-electron chi connectivity index (χ0n) is 16.1. The number of benzene rings is 1. The molecule has 0 aliphatic heterocycles. The SMILES string of the molecule is Cc1cc(C)nc(NC(=NC2CCCCC2)NC(=S)Nc2ccccc2Cl)n1. The Morgan fingerprint density at radius 2 is 1.75 bits per heavy atom. The van der Waals surface area contributed by atoms with Crippen LogP contribution in [0.1, 0.15) is 43.5 Å². The van der Waals surface area contributed by atoms with E-state index in [0.29, 0.717) is 22.0 Å². The molecule has 3 N–H and O–H groups in total. The van der Waals surface area contributed by atoms with E-state index in [1.807, 2.05) is 44.2 Å². The summed E-state index contributed by atoms with van der Waals surface area (Å²) in [5.74, 6) is 1.04. The summed E-state index contributed by atoms with van der Waals surface area (Å²) in [5.41, 5.74) is 2.52. The van der Waals surface area contributed by atoms with Crippen LogP contribution >= 0.6 is 23.8 Å². The highest BCUT2D eigenvalue weighted by molar-refractivity contribution is 7.80. The number of aromatic nitrogens is 2. The maximum absolute atomic E-state index is 6.21. The van der Waals surface area contributed by atoms with Gasteiger partial charge in [0.25, 0.3) is 0 Å². The lowest BCUT2D eigenvalue weighted by Gasteiger charge is -2.21. The molecule has 0 spiro atoms. The summed E-state index contributed by atoms with van der Waals surface area (Å²) >= 11 is 11.7. The van der Waals surface area contributed by atoms with Gasteiger partial charge in [0.05, 0.1) is 16.8 Å². The molecule has 6 nitrogen and oxygen atoms in total. The summed E-state index contributed by atoms with van der Waals surface area (Å²) < 4.78 is 0.